The highest BCUT2D eigenvalue weighted by atomic mass is 19.4. The monoisotopic (exact) mass is 513 g/mol. The summed E-state index contributed by atoms with van der Waals surface area (Å²) in [6.07, 6.45) is -16.3. The third kappa shape index (κ3) is 7.36. The minimum absolute atomic E-state index is 0.160. The van der Waals surface area contributed by atoms with Gasteiger partial charge in [-0.25, -0.2) is 13.5 Å². The first-order valence-corrected chi connectivity index (χ1v) is 9.44. The molecule has 0 aliphatic carbocycles. The molecule has 0 bridgehead atoms. The third-order valence-corrected chi connectivity index (χ3v) is 4.45. The number of aromatic nitrogens is 2. The normalized spacial score (nSPS) is 15.8. The second kappa shape index (κ2) is 10.7. The Morgan fingerprint density at radius 2 is 1.65 bits per heavy atom. The van der Waals surface area contributed by atoms with Gasteiger partial charge in [0.2, 0.25) is 12.0 Å². The van der Waals surface area contributed by atoms with E-state index in [1.165, 1.54) is 6.08 Å². The van der Waals surface area contributed by atoms with Crippen molar-refractivity contribution in [2.45, 2.75) is 43.6 Å². The van der Waals surface area contributed by atoms with Crippen LogP contribution >= 0.6 is 0 Å². The molecule has 1 aromatic heterocycles. The molecule has 16 heteroatoms. The number of alkyl halides is 9. The van der Waals surface area contributed by atoms with Gasteiger partial charge in [0.25, 0.3) is 17.4 Å². The quantitative estimate of drug-likeness (QED) is 0.218. The van der Waals surface area contributed by atoms with Crippen molar-refractivity contribution in [1.82, 2.24) is 15.2 Å². The number of nitrogens with one attached hydrogen (secondary N) is 2. The summed E-state index contributed by atoms with van der Waals surface area (Å²) < 4.78 is 123. The zero-order valence-corrected chi connectivity index (χ0v) is 18.0. The Labute approximate surface area is 187 Å². The maximum Gasteiger partial charge on any atom is 0.430 e. The van der Waals surface area contributed by atoms with Crippen molar-refractivity contribution in [2.75, 3.05) is 13.1 Å². The number of halogens is 9. The molecule has 2 N–H and O–H groups in total. The minimum Gasteiger partial charge on any atom is -0.353 e. The average Bonchev–Trinajstić information content (AvgIpc) is 2.99. The van der Waals surface area contributed by atoms with Gasteiger partial charge in [0.05, 0.1) is 14.1 Å². The standard InChI is InChI=1S/C18H21F9N4O3/c1-15(19,17(23,24)25)18(26,27)34-13(16(20,21)22)14(33)29-8-4-7-28-11(32)5-6-12-30(2)9-10-31(12)3/h5-6,9-10,13H,4,7-8H2,1-3H3,(H-,28,29,32,33)/p+1/b6-5+. The minimum atomic E-state index is -6.28. The van der Waals surface area contributed by atoms with E-state index in [2.05, 4.69) is 10.1 Å². The number of nitrogens with zero attached hydrogens (tertiary/aromatic N) is 2. The first-order valence-electron chi connectivity index (χ1n) is 9.44. The highest BCUT2D eigenvalue weighted by Crippen LogP contribution is 2.47. The number of hydrogen-bond donors (Lipinski definition) is 2. The fourth-order valence-corrected chi connectivity index (χ4v) is 2.34. The molecule has 0 saturated heterocycles. The molecular formula is C18H22F9N4O3+. The van der Waals surface area contributed by atoms with Crippen LogP contribution in [0.2, 0.25) is 0 Å². The van der Waals surface area contributed by atoms with E-state index in [-0.39, 0.29) is 13.0 Å². The highest BCUT2D eigenvalue weighted by Gasteiger charge is 2.71. The van der Waals surface area contributed by atoms with Crippen molar-refractivity contribution in [3.8, 4) is 0 Å². The predicted molar refractivity (Wildman–Crippen MR) is 97.7 cm³/mol. The lowest BCUT2D eigenvalue weighted by molar-refractivity contribution is -0.672. The van der Waals surface area contributed by atoms with Crippen LogP contribution in [0.1, 0.15) is 19.2 Å². The number of ether oxygens (including phenoxy) is 1. The van der Waals surface area contributed by atoms with Gasteiger partial charge in [-0.05, 0) is 13.3 Å². The Balaban J connectivity index is 2.62. The van der Waals surface area contributed by atoms with Crippen molar-refractivity contribution in [1.29, 1.82) is 0 Å². The van der Waals surface area contributed by atoms with Crippen molar-refractivity contribution < 1.29 is 58.4 Å². The second-order valence-electron chi connectivity index (χ2n) is 7.20. The molecule has 0 spiro atoms. The van der Waals surface area contributed by atoms with Gasteiger partial charge in [-0.2, -0.15) is 35.1 Å². The Morgan fingerprint density at radius 3 is 2.12 bits per heavy atom. The van der Waals surface area contributed by atoms with Crippen molar-refractivity contribution in [3.63, 3.8) is 0 Å². The molecule has 2 atom stereocenters. The van der Waals surface area contributed by atoms with Gasteiger partial charge >= 0.3 is 18.5 Å². The molecule has 2 unspecified atom stereocenters. The lowest BCUT2D eigenvalue weighted by Gasteiger charge is -2.33. The molecule has 2 amide bonds. The van der Waals surface area contributed by atoms with E-state index in [1.54, 1.807) is 40.9 Å². The van der Waals surface area contributed by atoms with Crippen LogP contribution in [-0.4, -0.2) is 59.7 Å². The summed E-state index contributed by atoms with van der Waals surface area (Å²) in [5, 5.41) is 3.90. The molecule has 1 heterocycles. The largest absolute Gasteiger partial charge is 0.430 e. The number of imidazole rings is 1. The van der Waals surface area contributed by atoms with E-state index < -0.39 is 55.5 Å². The summed E-state index contributed by atoms with van der Waals surface area (Å²) in [7, 11) is 3.45. The molecule has 0 radical (unpaired) electrons. The Hall–Kier alpha value is -2.78. The summed E-state index contributed by atoms with van der Waals surface area (Å²) in [6.45, 7) is -1.47. The maximum atomic E-state index is 13.5. The summed E-state index contributed by atoms with van der Waals surface area (Å²) >= 11 is 0. The van der Waals surface area contributed by atoms with Crippen LogP contribution in [0, 0.1) is 0 Å². The van der Waals surface area contributed by atoms with E-state index in [0.29, 0.717) is 5.82 Å². The Bertz CT molecular complexity index is 873. The summed E-state index contributed by atoms with van der Waals surface area (Å²) in [6, 6.07) is 0. The van der Waals surface area contributed by atoms with Crippen LogP contribution in [0.15, 0.2) is 18.5 Å². The molecule has 194 valence electrons. The first kappa shape index (κ1) is 29.3. The molecule has 0 saturated carbocycles. The highest BCUT2D eigenvalue weighted by molar-refractivity contribution is 5.91. The zero-order chi connectivity index (χ0) is 26.5. The molecule has 1 aromatic rings. The Kier molecular flexibility index (Phi) is 9.16. The lowest BCUT2D eigenvalue weighted by atomic mass is 10.1. The molecule has 0 aromatic carbocycles. The molecule has 0 aliphatic rings. The van der Waals surface area contributed by atoms with Gasteiger partial charge in [0, 0.05) is 25.2 Å². The number of carbonyl (C=O) groups excluding carboxylic acids is 2. The lowest BCUT2D eigenvalue weighted by Crippen LogP contribution is -2.59. The fraction of sp³-hybridized carbons (Fsp3) is 0.611. The average molecular weight is 513 g/mol. The Morgan fingerprint density at radius 1 is 1.09 bits per heavy atom. The van der Waals surface area contributed by atoms with Gasteiger partial charge in [0.1, 0.15) is 12.4 Å². The molecular weight excluding hydrogens is 491 g/mol. The van der Waals surface area contributed by atoms with Crippen molar-refractivity contribution in [3.05, 3.63) is 24.3 Å². The third-order valence-electron chi connectivity index (χ3n) is 4.45. The van der Waals surface area contributed by atoms with E-state index in [1.807, 2.05) is 0 Å². The number of amides is 2. The topological polar surface area (TPSA) is 76.2 Å². The van der Waals surface area contributed by atoms with Gasteiger partial charge < -0.3 is 10.6 Å². The molecule has 0 aliphatic heterocycles. The predicted octanol–water partition coefficient (Wildman–Crippen LogP) is 2.32. The van der Waals surface area contributed by atoms with Gasteiger partial charge in [0.15, 0.2) is 0 Å². The molecule has 0 fully saturated rings. The smallest absolute Gasteiger partial charge is 0.353 e. The van der Waals surface area contributed by atoms with Crippen LogP contribution in [0.4, 0.5) is 39.5 Å². The van der Waals surface area contributed by atoms with E-state index >= 15 is 0 Å². The van der Waals surface area contributed by atoms with E-state index in [9.17, 15) is 49.1 Å². The summed E-state index contributed by atoms with van der Waals surface area (Å²) in [5.41, 5.74) is -5.50. The van der Waals surface area contributed by atoms with Crippen LogP contribution in [0.3, 0.4) is 0 Å². The molecule has 7 nitrogen and oxygen atoms in total. The van der Waals surface area contributed by atoms with Crippen LogP contribution < -0.4 is 15.2 Å². The van der Waals surface area contributed by atoms with Crippen LogP contribution in [0.5, 0.6) is 0 Å². The SMILES string of the molecule is Cn1cc[n+](C)c1/C=C/C(=O)NCCCNC(=O)C(OC(F)(F)C(C)(F)C(F)(F)F)C(F)(F)F. The zero-order valence-electron chi connectivity index (χ0n) is 18.0. The second-order valence-corrected chi connectivity index (χ2v) is 7.20. The van der Waals surface area contributed by atoms with Crippen molar-refractivity contribution in [2.24, 2.45) is 14.1 Å². The van der Waals surface area contributed by atoms with Gasteiger partial charge in [-0.3, -0.25) is 14.3 Å². The van der Waals surface area contributed by atoms with Crippen LogP contribution in [-0.2, 0) is 28.4 Å². The number of carbonyl (C=O) groups is 2. The van der Waals surface area contributed by atoms with Crippen LogP contribution in [0.25, 0.3) is 6.08 Å². The molecule has 34 heavy (non-hydrogen) atoms. The van der Waals surface area contributed by atoms with E-state index in [4.69, 9.17) is 0 Å². The van der Waals surface area contributed by atoms with Gasteiger partial charge in [-0.1, -0.05) is 0 Å². The fourth-order valence-electron chi connectivity index (χ4n) is 2.34. The number of rotatable bonds is 10. The summed E-state index contributed by atoms with van der Waals surface area (Å²) in [5.74, 6) is -2.18. The first-order chi connectivity index (χ1) is 15.3. The number of hydrogen-bond acceptors (Lipinski definition) is 3. The number of aryl methyl sites for hydroxylation is 2. The molecule has 1 rings (SSSR count). The van der Waals surface area contributed by atoms with Crippen molar-refractivity contribution >= 4 is 17.9 Å². The maximum absolute atomic E-state index is 13.5. The van der Waals surface area contributed by atoms with Gasteiger partial charge in [-0.15, -0.1) is 0 Å². The summed E-state index contributed by atoms with van der Waals surface area (Å²) in [4.78, 5) is 23.4. The van der Waals surface area contributed by atoms with E-state index in [0.717, 1.165) is 6.08 Å².